The minimum Gasteiger partial charge on any atom is -0.298 e. The first-order valence-electron chi connectivity index (χ1n) is 7.81. The number of anilines is 1. The molecule has 0 saturated carbocycles. The van der Waals surface area contributed by atoms with Crippen molar-refractivity contribution in [1.82, 2.24) is 5.32 Å². The van der Waals surface area contributed by atoms with Crippen molar-refractivity contribution in [2.45, 2.75) is 6.92 Å². The number of benzene rings is 2. The summed E-state index contributed by atoms with van der Waals surface area (Å²) in [5, 5.41) is 13.7. The summed E-state index contributed by atoms with van der Waals surface area (Å²) in [6.45, 7) is 1.59. The Hall–Kier alpha value is -2.81. The van der Waals surface area contributed by atoms with E-state index in [1.165, 1.54) is 24.3 Å². The van der Waals surface area contributed by atoms with Crippen molar-refractivity contribution in [3.8, 4) is 0 Å². The fraction of sp³-hybridized carbons (Fsp3) is 0.0556. The molecule has 2 amide bonds. The van der Waals surface area contributed by atoms with Crippen molar-refractivity contribution < 1.29 is 14.5 Å². The van der Waals surface area contributed by atoms with Gasteiger partial charge in [0.2, 0.25) is 0 Å². The maximum Gasteiger partial charge on any atom is 0.272 e. The van der Waals surface area contributed by atoms with Crippen LogP contribution >= 0.6 is 35.4 Å². The van der Waals surface area contributed by atoms with Crippen LogP contribution in [0.25, 0.3) is 6.08 Å². The molecular weight excluding hydrogens is 425 g/mol. The summed E-state index contributed by atoms with van der Waals surface area (Å²) in [6, 6.07) is 9.05. The molecule has 10 heteroatoms. The van der Waals surface area contributed by atoms with Crippen molar-refractivity contribution in [1.29, 1.82) is 0 Å². The maximum atomic E-state index is 13.0. The molecule has 142 valence electrons. The molecule has 2 aromatic rings. The van der Waals surface area contributed by atoms with E-state index in [1.54, 1.807) is 25.1 Å². The van der Waals surface area contributed by atoms with E-state index in [0.717, 1.165) is 4.90 Å². The van der Waals surface area contributed by atoms with Crippen LogP contribution in [0.15, 0.2) is 42.0 Å². The average Bonchev–Trinajstić information content (AvgIpc) is 2.63. The first-order chi connectivity index (χ1) is 13.2. The van der Waals surface area contributed by atoms with Crippen molar-refractivity contribution in [2.24, 2.45) is 0 Å². The van der Waals surface area contributed by atoms with E-state index >= 15 is 0 Å². The molecule has 1 N–H and O–H groups in total. The second-order valence-corrected chi connectivity index (χ2v) is 7.01. The Morgan fingerprint density at radius 1 is 1.21 bits per heavy atom. The molecule has 28 heavy (non-hydrogen) atoms. The van der Waals surface area contributed by atoms with E-state index in [1.807, 2.05) is 0 Å². The molecule has 0 aliphatic carbocycles. The van der Waals surface area contributed by atoms with Crippen LogP contribution in [0, 0.1) is 17.0 Å². The van der Waals surface area contributed by atoms with Gasteiger partial charge in [0.05, 0.1) is 20.7 Å². The summed E-state index contributed by atoms with van der Waals surface area (Å²) in [7, 11) is 0. The zero-order valence-corrected chi connectivity index (χ0v) is 16.6. The van der Waals surface area contributed by atoms with Gasteiger partial charge in [-0.3, -0.25) is 29.9 Å². The number of hydrogen-bond donors (Lipinski definition) is 1. The van der Waals surface area contributed by atoms with Crippen LogP contribution in [0.4, 0.5) is 11.4 Å². The fourth-order valence-corrected chi connectivity index (χ4v) is 3.27. The third-order valence-corrected chi connectivity index (χ3v) is 5.11. The number of halogens is 2. The summed E-state index contributed by atoms with van der Waals surface area (Å²) in [6.07, 6.45) is 1.26. The molecule has 0 unspecified atom stereocenters. The third kappa shape index (κ3) is 3.62. The number of rotatable bonds is 3. The molecule has 1 heterocycles. The predicted molar refractivity (Wildman–Crippen MR) is 110 cm³/mol. The van der Waals surface area contributed by atoms with Gasteiger partial charge in [-0.25, -0.2) is 0 Å². The molecule has 0 spiro atoms. The largest absolute Gasteiger partial charge is 0.298 e. The number of nitrogens with zero attached hydrogens (tertiary/aromatic N) is 2. The molecule has 0 radical (unpaired) electrons. The highest BCUT2D eigenvalue weighted by Gasteiger charge is 2.35. The topological polar surface area (TPSA) is 92.6 Å². The van der Waals surface area contributed by atoms with E-state index in [4.69, 9.17) is 35.4 Å². The Morgan fingerprint density at radius 3 is 2.61 bits per heavy atom. The highest BCUT2D eigenvalue weighted by molar-refractivity contribution is 7.80. The molecule has 0 bridgehead atoms. The minimum atomic E-state index is -0.721. The standard InChI is InChI=1S/C18H11Cl2N3O4S/c1-9-5-6-10(8-14(9)23(26)27)7-11-16(24)21-18(28)22(17(11)25)13-4-2-3-12(19)15(13)20/h2-8H,1H3,(H,21,24,28)/b11-7+. The van der Waals surface area contributed by atoms with Crippen LogP contribution in [0.2, 0.25) is 10.0 Å². The number of amides is 2. The zero-order valence-electron chi connectivity index (χ0n) is 14.2. The van der Waals surface area contributed by atoms with E-state index in [9.17, 15) is 19.7 Å². The number of nitrogens with one attached hydrogen (secondary N) is 1. The third-order valence-electron chi connectivity index (χ3n) is 4.01. The molecule has 0 aromatic heterocycles. The van der Waals surface area contributed by atoms with Gasteiger partial charge in [0.1, 0.15) is 5.57 Å². The smallest absolute Gasteiger partial charge is 0.272 e. The van der Waals surface area contributed by atoms with Gasteiger partial charge in [-0.2, -0.15) is 0 Å². The first-order valence-corrected chi connectivity index (χ1v) is 8.97. The number of carbonyl (C=O) groups is 2. The molecule has 0 atom stereocenters. The van der Waals surface area contributed by atoms with E-state index in [2.05, 4.69) is 5.32 Å². The number of carbonyl (C=O) groups excluding carboxylic acids is 2. The van der Waals surface area contributed by atoms with E-state index in [-0.39, 0.29) is 32.1 Å². The minimum absolute atomic E-state index is 0.0985. The Balaban J connectivity index is 2.08. The molecule has 1 aliphatic rings. The normalized spacial score (nSPS) is 15.8. The lowest BCUT2D eigenvalue weighted by atomic mass is 10.0. The second kappa shape index (κ2) is 7.67. The van der Waals surface area contributed by atoms with Gasteiger partial charge < -0.3 is 0 Å². The quantitative estimate of drug-likeness (QED) is 0.258. The van der Waals surface area contributed by atoms with Gasteiger partial charge in [0, 0.05) is 11.6 Å². The van der Waals surface area contributed by atoms with Crippen LogP contribution in [-0.4, -0.2) is 21.9 Å². The van der Waals surface area contributed by atoms with Gasteiger partial charge in [-0.1, -0.05) is 41.4 Å². The number of nitro groups is 1. The van der Waals surface area contributed by atoms with Crippen LogP contribution in [0.1, 0.15) is 11.1 Å². The van der Waals surface area contributed by atoms with Crippen LogP contribution in [0.3, 0.4) is 0 Å². The maximum absolute atomic E-state index is 13.0. The molecule has 7 nitrogen and oxygen atoms in total. The van der Waals surface area contributed by atoms with Crippen LogP contribution in [0.5, 0.6) is 0 Å². The molecule has 1 aliphatic heterocycles. The molecule has 1 fully saturated rings. The summed E-state index contributed by atoms with van der Waals surface area (Å²) in [5.41, 5.74) is 0.622. The highest BCUT2D eigenvalue weighted by atomic mass is 35.5. The van der Waals surface area contributed by atoms with Gasteiger partial charge in [-0.05, 0) is 42.9 Å². The Bertz CT molecular complexity index is 1080. The molecular formula is C18H11Cl2N3O4S. The number of nitro benzene ring substituents is 1. The monoisotopic (exact) mass is 435 g/mol. The predicted octanol–water partition coefficient (Wildman–Crippen LogP) is 4.04. The summed E-state index contributed by atoms with van der Waals surface area (Å²) >= 11 is 17.3. The van der Waals surface area contributed by atoms with Crippen molar-refractivity contribution >= 4 is 69.8 Å². The molecule has 3 rings (SSSR count). The summed E-state index contributed by atoms with van der Waals surface area (Å²) in [4.78, 5) is 37.0. The average molecular weight is 436 g/mol. The Morgan fingerprint density at radius 2 is 1.93 bits per heavy atom. The van der Waals surface area contributed by atoms with Gasteiger partial charge in [0.25, 0.3) is 17.5 Å². The lowest BCUT2D eigenvalue weighted by Gasteiger charge is -2.29. The number of aryl methyl sites for hydroxylation is 1. The highest BCUT2D eigenvalue weighted by Crippen LogP contribution is 2.34. The summed E-state index contributed by atoms with van der Waals surface area (Å²) in [5.74, 6) is -1.44. The Labute approximate surface area is 174 Å². The van der Waals surface area contributed by atoms with Crippen molar-refractivity contribution in [2.75, 3.05) is 4.90 Å². The molecule has 2 aromatic carbocycles. The van der Waals surface area contributed by atoms with E-state index in [0.29, 0.717) is 11.1 Å². The SMILES string of the molecule is Cc1ccc(/C=C2\C(=O)NC(=S)N(c3cccc(Cl)c3Cl)C2=O)cc1[N+](=O)[O-]. The van der Waals surface area contributed by atoms with Gasteiger partial charge >= 0.3 is 0 Å². The van der Waals surface area contributed by atoms with Gasteiger partial charge in [0.15, 0.2) is 5.11 Å². The number of hydrogen-bond acceptors (Lipinski definition) is 5. The van der Waals surface area contributed by atoms with Crippen molar-refractivity contribution in [3.05, 3.63) is 73.3 Å². The lowest BCUT2D eigenvalue weighted by Crippen LogP contribution is -2.54. The summed E-state index contributed by atoms with van der Waals surface area (Å²) < 4.78 is 0. The molecule has 1 saturated heterocycles. The lowest BCUT2D eigenvalue weighted by molar-refractivity contribution is -0.385. The zero-order chi connectivity index (χ0) is 20.6. The van der Waals surface area contributed by atoms with Crippen LogP contribution < -0.4 is 10.2 Å². The fourth-order valence-electron chi connectivity index (χ4n) is 2.62. The van der Waals surface area contributed by atoms with E-state index < -0.39 is 16.7 Å². The first kappa shape index (κ1) is 19.9. The van der Waals surface area contributed by atoms with Crippen LogP contribution in [-0.2, 0) is 9.59 Å². The number of thiocarbonyl (C=S) groups is 1. The van der Waals surface area contributed by atoms with Crippen molar-refractivity contribution in [3.63, 3.8) is 0 Å². The Kier molecular flexibility index (Phi) is 5.46. The second-order valence-electron chi connectivity index (χ2n) is 5.83. The van der Waals surface area contributed by atoms with Gasteiger partial charge in [-0.15, -0.1) is 0 Å².